The summed E-state index contributed by atoms with van der Waals surface area (Å²) in [4.78, 5) is 0. The van der Waals surface area contributed by atoms with Crippen molar-refractivity contribution in [3.8, 4) is 0 Å². The largest absolute Gasteiger partial charge is 0.214 e. The molecule has 5 heteroatoms. The Balaban J connectivity index is 1.91. The van der Waals surface area contributed by atoms with Gasteiger partial charge in [-0.25, -0.2) is 12.7 Å². The van der Waals surface area contributed by atoms with Gasteiger partial charge in [0.1, 0.15) is 0 Å². The Morgan fingerprint density at radius 3 is 1.94 bits per heavy atom. The quantitative estimate of drug-likeness (QED) is 0.630. The highest BCUT2D eigenvalue weighted by molar-refractivity contribution is 7.89. The first-order valence-corrected chi connectivity index (χ1v) is 8.30. The Morgan fingerprint density at radius 2 is 1.56 bits per heavy atom. The average Bonchev–Trinajstić information content (AvgIpc) is 3.07. The normalized spacial score (nSPS) is 21.6. The van der Waals surface area contributed by atoms with Crippen LogP contribution in [-0.4, -0.2) is 37.4 Å². The number of hydrogen-bond donors (Lipinski definition) is 0. The van der Waals surface area contributed by atoms with E-state index >= 15 is 0 Å². The molecule has 2 saturated carbocycles. The van der Waals surface area contributed by atoms with Crippen molar-refractivity contribution >= 4 is 21.6 Å². The number of nitrogens with zero attached hydrogens (tertiary/aromatic N) is 1. The Bertz CT molecular complexity index is 309. The fraction of sp³-hybridized carbons (Fsp3) is 1.00. The van der Waals surface area contributed by atoms with Crippen molar-refractivity contribution in [1.82, 2.24) is 4.31 Å². The lowest BCUT2D eigenvalue weighted by Gasteiger charge is -2.21. The minimum Gasteiger partial charge on any atom is -0.212 e. The summed E-state index contributed by atoms with van der Waals surface area (Å²) in [5, 5.41) is 0. The second-order valence-corrected chi connectivity index (χ2v) is 7.53. The van der Waals surface area contributed by atoms with Crippen LogP contribution in [0.2, 0.25) is 0 Å². The van der Waals surface area contributed by atoms with Gasteiger partial charge >= 0.3 is 0 Å². The van der Waals surface area contributed by atoms with Crippen LogP contribution in [0.5, 0.6) is 0 Å². The van der Waals surface area contributed by atoms with E-state index in [2.05, 4.69) is 0 Å². The molecule has 0 heterocycles. The van der Waals surface area contributed by atoms with Gasteiger partial charge in [0.25, 0.3) is 0 Å². The molecule has 0 aliphatic heterocycles. The molecule has 2 fully saturated rings. The summed E-state index contributed by atoms with van der Waals surface area (Å²) < 4.78 is 25.9. The van der Waals surface area contributed by atoms with Gasteiger partial charge in [-0.15, -0.1) is 11.6 Å². The topological polar surface area (TPSA) is 37.4 Å². The molecular formula is C11H20ClNO2S. The van der Waals surface area contributed by atoms with E-state index in [4.69, 9.17) is 11.6 Å². The molecule has 0 bridgehead atoms. The molecule has 0 spiro atoms. The molecule has 3 nitrogen and oxygen atoms in total. The molecule has 2 aliphatic carbocycles. The van der Waals surface area contributed by atoms with Crippen LogP contribution in [-0.2, 0) is 10.0 Å². The van der Waals surface area contributed by atoms with Crippen molar-refractivity contribution < 1.29 is 8.42 Å². The smallest absolute Gasteiger partial charge is 0.212 e. The maximum Gasteiger partial charge on any atom is 0.214 e. The summed E-state index contributed by atoms with van der Waals surface area (Å²) in [5.41, 5.74) is 0. The van der Waals surface area contributed by atoms with E-state index in [-0.39, 0.29) is 5.75 Å². The van der Waals surface area contributed by atoms with Gasteiger partial charge in [-0.05, 0) is 43.9 Å². The van der Waals surface area contributed by atoms with Crippen molar-refractivity contribution in [3.63, 3.8) is 0 Å². The maximum atomic E-state index is 12.1. The Kier molecular flexibility index (Phi) is 4.14. The van der Waals surface area contributed by atoms with Gasteiger partial charge in [0.15, 0.2) is 0 Å². The molecule has 0 saturated heterocycles. The fourth-order valence-electron chi connectivity index (χ4n) is 1.84. The minimum absolute atomic E-state index is 0.218. The maximum absolute atomic E-state index is 12.1. The van der Waals surface area contributed by atoms with E-state index in [0.717, 1.165) is 13.1 Å². The fourth-order valence-corrected chi connectivity index (χ4v) is 3.78. The van der Waals surface area contributed by atoms with Crippen LogP contribution < -0.4 is 0 Å². The summed E-state index contributed by atoms with van der Waals surface area (Å²) in [6.45, 7) is 1.50. The zero-order valence-corrected chi connectivity index (χ0v) is 11.1. The van der Waals surface area contributed by atoms with Crippen molar-refractivity contribution in [3.05, 3.63) is 0 Å². The van der Waals surface area contributed by atoms with Crippen molar-refractivity contribution in [2.45, 2.75) is 32.1 Å². The average molecular weight is 266 g/mol. The zero-order chi connectivity index (χ0) is 11.6. The second kappa shape index (κ2) is 5.23. The van der Waals surface area contributed by atoms with Crippen LogP contribution >= 0.6 is 11.6 Å². The molecule has 0 radical (unpaired) electrons. The van der Waals surface area contributed by atoms with Gasteiger partial charge in [0, 0.05) is 19.0 Å². The Hall–Kier alpha value is 0.200. The lowest BCUT2D eigenvalue weighted by atomic mass is 10.4. The van der Waals surface area contributed by atoms with Crippen LogP contribution in [0.4, 0.5) is 0 Å². The molecule has 2 aliphatic rings. The molecule has 0 N–H and O–H groups in total. The summed E-state index contributed by atoms with van der Waals surface area (Å²) >= 11 is 5.57. The highest BCUT2D eigenvalue weighted by atomic mass is 35.5. The monoisotopic (exact) mass is 265 g/mol. The van der Waals surface area contributed by atoms with E-state index in [1.165, 1.54) is 25.7 Å². The molecule has 0 aromatic rings. The van der Waals surface area contributed by atoms with Gasteiger partial charge in [0.05, 0.1) is 5.75 Å². The molecule has 0 unspecified atom stereocenters. The molecule has 0 aromatic carbocycles. The third kappa shape index (κ3) is 3.90. The first-order chi connectivity index (χ1) is 7.62. The first-order valence-electron chi connectivity index (χ1n) is 6.15. The van der Waals surface area contributed by atoms with Gasteiger partial charge in [-0.1, -0.05) is 0 Å². The van der Waals surface area contributed by atoms with Gasteiger partial charge in [-0.2, -0.15) is 0 Å². The van der Waals surface area contributed by atoms with Crippen LogP contribution in [0.25, 0.3) is 0 Å². The summed E-state index contributed by atoms with van der Waals surface area (Å²) in [6, 6.07) is 0. The third-order valence-corrected chi connectivity index (χ3v) is 5.40. The highest BCUT2D eigenvalue weighted by Gasteiger charge is 2.34. The zero-order valence-electron chi connectivity index (χ0n) is 9.57. The molecular weight excluding hydrogens is 246 g/mol. The Labute approximate surface area is 103 Å². The van der Waals surface area contributed by atoms with E-state index < -0.39 is 10.0 Å². The van der Waals surface area contributed by atoms with Crippen molar-refractivity contribution in [2.75, 3.05) is 24.7 Å². The molecule has 0 amide bonds. The van der Waals surface area contributed by atoms with Crippen molar-refractivity contribution in [2.24, 2.45) is 11.8 Å². The first kappa shape index (κ1) is 12.7. The second-order valence-electron chi connectivity index (χ2n) is 5.06. The molecule has 16 heavy (non-hydrogen) atoms. The Morgan fingerprint density at radius 1 is 1.06 bits per heavy atom. The van der Waals surface area contributed by atoms with Crippen molar-refractivity contribution in [1.29, 1.82) is 0 Å². The number of sulfonamides is 1. The molecule has 94 valence electrons. The molecule has 2 rings (SSSR count). The number of hydrogen-bond acceptors (Lipinski definition) is 2. The van der Waals surface area contributed by atoms with E-state index in [0.29, 0.717) is 24.1 Å². The minimum atomic E-state index is -3.05. The predicted molar refractivity (Wildman–Crippen MR) is 66.1 cm³/mol. The third-order valence-electron chi connectivity index (χ3n) is 3.25. The molecule has 0 aromatic heterocycles. The van der Waals surface area contributed by atoms with Crippen LogP contribution in [0.15, 0.2) is 0 Å². The molecule has 0 atom stereocenters. The van der Waals surface area contributed by atoms with E-state index in [9.17, 15) is 8.42 Å². The lowest BCUT2D eigenvalue weighted by Crippen LogP contribution is -2.36. The number of halogens is 1. The van der Waals surface area contributed by atoms with Crippen LogP contribution in [0, 0.1) is 11.8 Å². The van der Waals surface area contributed by atoms with Gasteiger partial charge < -0.3 is 0 Å². The van der Waals surface area contributed by atoms with Crippen LogP contribution in [0.1, 0.15) is 32.1 Å². The number of rotatable bonds is 8. The predicted octanol–water partition coefficient (Wildman–Crippen LogP) is 2.07. The van der Waals surface area contributed by atoms with Crippen LogP contribution in [0.3, 0.4) is 0 Å². The van der Waals surface area contributed by atoms with E-state index in [1.54, 1.807) is 4.31 Å². The standard InChI is InChI=1S/C11H20ClNO2S/c12-6-1-7-16(14,15)13(8-10-2-3-10)9-11-4-5-11/h10-11H,1-9H2. The summed E-state index contributed by atoms with van der Waals surface area (Å²) in [6.07, 6.45) is 5.37. The SMILES string of the molecule is O=S(=O)(CCCCl)N(CC1CC1)CC1CC1. The van der Waals surface area contributed by atoms with Gasteiger partial charge in [-0.3, -0.25) is 0 Å². The number of alkyl halides is 1. The van der Waals surface area contributed by atoms with Gasteiger partial charge in [0.2, 0.25) is 10.0 Å². The summed E-state index contributed by atoms with van der Waals surface area (Å²) in [7, 11) is -3.05. The van der Waals surface area contributed by atoms with E-state index in [1.807, 2.05) is 0 Å². The summed E-state index contributed by atoms with van der Waals surface area (Å²) in [5.74, 6) is 1.91. The lowest BCUT2D eigenvalue weighted by molar-refractivity contribution is 0.382. The highest BCUT2D eigenvalue weighted by Crippen LogP contribution is 2.34.